The summed E-state index contributed by atoms with van der Waals surface area (Å²) in [7, 11) is -1.94. The van der Waals surface area contributed by atoms with Gasteiger partial charge < -0.3 is 4.43 Å². The predicted octanol–water partition coefficient (Wildman–Crippen LogP) is 2.58. The molecule has 0 N–H and O–H groups in total. The summed E-state index contributed by atoms with van der Waals surface area (Å²) in [5.41, 5.74) is 0.845. The van der Waals surface area contributed by atoms with Crippen LogP contribution >= 0.6 is 0 Å². The Morgan fingerprint density at radius 1 is 0.950 bits per heavy atom. The molecule has 0 heterocycles. The van der Waals surface area contributed by atoms with E-state index in [2.05, 4.69) is 0 Å². The van der Waals surface area contributed by atoms with Crippen LogP contribution in [-0.4, -0.2) is 26.1 Å². The highest BCUT2D eigenvalue weighted by Gasteiger charge is 2.21. The lowest BCUT2D eigenvalue weighted by Gasteiger charge is -2.19. The maximum Gasteiger partial charge on any atom is 0.324 e. The second kappa shape index (κ2) is 6.00. The lowest BCUT2D eigenvalue weighted by Crippen LogP contribution is -2.33. The molecule has 0 aliphatic heterocycles. The van der Waals surface area contributed by atoms with Crippen LogP contribution in [0, 0.1) is 0 Å². The Labute approximate surface area is 119 Å². The van der Waals surface area contributed by atoms with Gasteiger partial charge in [0.05, 0.1) is 11.3 Å². The molecule has 0 atom stereocenters. The minimum Gasteiger partial charge on any atom is -0.516 e. The van der Waals surface area contributed by atoms with E-state index in [9.17, 15) is 14.4 Å². The molecule has 5 nitrogen and oxygen atoms in total. The van der Waals surface area contributed by atoms with Crippen molar-refractivity contribution in [1.82, 2.24) is 0 Å². The fourth-order valence-electron chi connectivity index (χ4n) is 1.67. The summed E-state index contributed by atoms with van der Waals surface area (Å²) < 4.78 is 5.37. The number of amides is 2. The molecular weight excluding hydrogens is 274 g/mol. The van der Waals surface area contributed by atoms with Crippen LogP contribution in [0.1, 0.15) is 24.2 Å². The Kier molecular flexibility index (Phi) is 4.83. The standard InChI is InChI=1S/C14H19NO4Si/c1-10(16)15(11(2)17)13-8-6-12(7-9-13)14(18)19-20(3,4)5/h6-9H,1-5H3. The summed E-state index contributed by atoms with van der Waals surface area (Å²) in [6, 6.07) is 6.22. The molecule has 0 bridgehead atoms. The molecule has 0 saturated heterocycles. The summed E-state index contributed by atoms with van der Waals surface area (Å²) in [6.07, 6.45) is 0. The van der Waals surface area contributed by atoms with E-state index in [-0.39, 0.29) is 17.8 Å². The van der Waals surface area contributed by atoms with Gasteiger partial charge in [-0.25, -0.2) is 4.79 Å². The van der Waals surface area contributed by atoms with E-state index < -0.39 is 8.32 Å². The van der Waals surface area contributed by atoms with Gasteiger partial charge >= 0.3 is 5.97 Å². The molecule has 0 spiro atoms. The molecule has 0 unspecified atom stereocenters. The first kappa shape index (κ1) is 16.1. The highest BCUT2D eigenvalue weighted by atomic mass is 28.4. The van der Waals surface area contributed by atoms with E-state index in [0.29, 0.717) is 11.3 Å². The van der Waals surface area contributed by atoms with Crippen LogP contribution in [0.3, 0.4) is 0 Å². The Morgan fingerprint density at radius 2 is 1.40 bits per heavy atom. The molecule has 0 radical (unpaired) electrons. The fraction of sp³-hybridized carbons (Fsp3) is 0.357. The molecule has 0 aromatic heterocycles. The number of carbonyl (C=O) groups excluding carboxylic acids is 3. The third kappa shape index (κ3) is 4.31. The first-order chi connectivity index (χ1) is 9.11. The van der Waals surface area contributed by atoms with Crippen molar-refractivity contribution in [2.45, 2.75) is 33.5 Å². The zero-order valence-electron chi connectivity index (χ0n) is 12.4. The summed E-state index contributed by atoms with van der Waals surface area (Å²) in [5, 5.41) is 0. The van der Waals surface area contributed by atoms with Gasteiger partial charge in [0.2, 0.25) is 20.1 Å². The lowest BCUT2D eigenvalue weighted by molar-refractivity contribution is -0.124. The molecule has 20 heavy (non-hydrogen) atoms. The summed E-state index contributed by atoms with van der Waals surface area (Å²) >= 11 is 0. The molecule has 0 aliphatic rings. The fourth-order valence-corrected chi connectivity index (χ4v) is 2.34. The summed E-state index contributed by atoms with van der Waals surface area (Å²) in [5.74, 6) is -1.11. The topological polar surface area (TPSA) is 63.7 Å². The number of nitrogens with zero attached hydrogens (tertiary/aromatic N) is 1. The molecule has 0 saturated carbocycles. The average molecular weight is 293 g/mol. The van der Waals surface area contributed by atoms with Crippen molar-refractivity contribution >= 4 is 31.8 Å². The summed E-state index contributed by atoms with van der Waals surface area (Å²) in [4.78, 5) is 35.7. The van der Waals surface area contributed by atoms with E-state index in [0.717, 1.165) is 4.90 Å². The zero-order valence-corrected chi connectivity index (χ0v) is 13.4. The Bertz CT molecular complexity index is 517. The van der Waals surface area contributed by atoms with Crippen molar-refractivity contribution in [3.8, 4) is 0 Å². The van der Waals surface area contributed by atoms with Gasteiger partial charge in [-0.2, -0.15) is 0 Å². The number of rotatable bonds is 3. The second-order valence-corrected chi connectivity index (χ2v) is 9.85. The Hall–Kier alpha value is -1.95. The highest BCUT2D eigenvalue weighted by molar-refractivity contribution is 6.71. The number of anilines is 1. The van der Waals surface area contributed by atoms with Gasteiger partial charge in [0.15, 0.2) is 0 Å². The van der Waals surface area contributed by atoms with Gasteiger partial charge in [0, 0.05) is 13.8 Å². The van der Waals surface area contributed by atoms with Crippen molar-refractivity contribution in [3.05, 3.63) is 29.8 Å². The van der Waals surface area contributed by atoms with Gasteiger partial charge in [-0.15, -0.1) is 0 Å². The van der Waals surface area contributed by atoms with E-state index in [1.54, 1.807) is 24.3 Å². The monoisotopic (exact) mass is 293 g/mol. The molecule has 1 rings (SSSR count). The molecule has 6 heteroatoms. The minimum atomic E-state index is -1.94. The normalized spacial score (nSPS) is 10.8. The van der Waals surface area contributed by atoms with Crippen molar-refractivity contribution < 1.29 is 18.8 Å². The van der Waals surface area contributed by atoms with Crippen molar-refractivity contribution in [2.24, 2.45) is 0 Å². The molecule has 1 aromatic carbocycles. The number of hydrogen-bond donors (Lipinski definition) is 0. The smallest absolute Gasteiger partial charge is 0.324 e. The molecular formula is C14H19NO4Si. The number of hydrogen-bond acceptors (Lipinski definition) is 4. The van der Waals surface area contributed by atoms with Crippen LogP contribution < -0.4 is 4.90 Å². The SMILES string of the molecule is CC(=O)N(C(C)=O)c1ccc(C(=O)O[Si](C)(C)C)cc1. The lowest BCUT2D eigenvalue weighted by atomic mass is 10.2. The van der Waals surface area contributed by atoms with E-state index >= 15 is 0 Å². The molecule has 0 fully saturated rings. The minimum absolute atomic E-state index is 0.366. The number of benzene rings is 1. The van der Waals surface area contributed by atoms with Crippen LogP contribution in [0.4, 0.5) is 5.69 Å². The third-order valence-electron chi connectivity index (χ3n) is 2.39. The first-order valence-corrected chi connectivity index (χ1v) is 9.67. The van der Waals surface area contributed by atoms with E-state index in [4.69, 9.17) is 4.43 Å². The summed E-state index contributed by atoms with van der Waals surface area (Å²) in [6.45, 7) is 8.40. The average Bonchev–Trinajstić information content (AvgIpc) is 2.26. The predicted molar refractivity (Wildman–Crippen MR) is 79.0 cm³/mol. The first-order valence-electron chi connectivity index (χ1n) is 6.26. The number of carbonyl (C=O) groups is 3. The quantitative estimate of drug-likeness (QED) is 0.804. The van der Waals surface area contributed by atoms with E-state index in [1.807, 2.05) is 19.6 Å². The van der Waals surface area contributed by atoms with Gasteiger partial charge in [-0.1, -0.05) is 0 Å². The van der Waals surface area contributed by atoms with Gasteiger partial charge in [0.25, 0.3) is 0 Å². The van der Waals surface area contributed by atoms with Crippen molar-refractivity contribution in [3.63, 3.8) is 0 Å². The van der Waals surface area contributed by atoms with Crippen LogP contribution in [-0.2, 0) is 14.0 Å². The number of imide groups is 1. The van der Waals surface area contributed by atoms with Gasteiger partial charge in [0.1, 0.15) is 0 Å². The van der Waals surface area contributed by atoms with Crippen LogP contribution in [0.2, 0.25) is 19.6 Å². The third-order valence-corrected chi connectivity index (χ3v) is 3.19. The Balaban J connectivity index is 2.96. The van der Waals surface area contributed by atoms with Crippen LogP contribution in [0.5, 0.6) is 0 Å². The molecule has 2 amide bonds. The van der Waals surface area contributed by atoms with Crippen molar-refractivity contribution in [2.75, 3.05) is 4.90 Å². The maximum absolute atomic E-state index is 11.9. The zero-order chi connectivity index (χ0) is 15.5. The van der Waals surface area contributed by atoms with E-state index in [1.165, 1.54) is 13.8 Å². The van der Waals surface area contributed by atoms with Crippen LogP contribution in [0.15, 0.2) is 24.3 Å². The second-order valence-electron chi connectivity index (χ2n) is 5.42. The maximum atomic E-state index is 11.9. The largest absolute Gasteiger partial charge is 0.516 e. The molecule has 108 valence electrons. The van der Waals surface area contributed by atoms with Crippen LogP contribution in [0.25, 0.3) is 0 Å². The van der Waals surface area contributed by atoms with Gasteiger partial charge in [-0.05, 0) is 43.9 Å². The highest BCUT2D eigenvalue weighted by Crippen LogP contribution is 2.17. The van der Waals surface area contributed by atoms with Gasteiger partial charge in [-0.3, -0.25) is 14.5 Å². The van der Waals surface area contributed by atoms with Crippen molar-refractivity contribution in [1.29, 1.82) is 0 Å². The molecule has 0 aliphatic carbocycles. The molecule has 1 aromatic rings. The Morgan fingerprint density at radius 3 is 1.75 bits per heavy atom.